The molecule has 0 bridgehead atoms. The van der Waals surface area contributed by atoms with E-state index < -0.39 is 12.0 Å². The highest BCUT2D eigenvalue weighted by molar-refractivity contribution is 5.87. The fourth-order valence-electron chi connectivity index (χ4n) is 1.87. The van der Waals surface area contributed by atoms with E-state index in [1.807, 2.05) is 0 Å². The van der Waals surface area contributed by atoms with Crippen molar-refractivity contribution < 1.29 is 19.4 Å². The SMILES string of the molecule is COCCCC(NC(=O)[C@@H]1CCCN1)C(=O)O. The second-order valence-corrected chi connectivity index (χ2v) is 4.18. The summed E-state index contributed by atoms with van der Waals surface area (Å²) in [4.78, 5) is 22.7. The first kappa shape index (κ1) is 13.9. The number of carbonyl (C=O) groups excluding carboxylic acids is 1. The molecule has 1 rings (SSSR count). The Kier molecular flexibility index (Phi) is 5.93. The highest BCUT2D eigenvalue weighted by atomic mass is 16.5. The zero-order valence-corrected chi connectivity index (χ0v) is 10.1. The molecule has 0 saturated carbocycles. The van der Waals surface area contributed by atoms with Crippen molar-refractivity contribution >= 4 is 11.9 Å². The van der Waals surface area contributed by atoms with E-state index in [0.29, 0.717) is 19.4 Å². The summed E-state index contributed by atoms with van der Waals surface area (Å²) in [6.07, 6.45) is 2.74. The smallest absolute Gasteiger partial charge is 0.326 e. The van der Waals surface area contributed by atoms with Crippen molar-refractivity contribution in [2.75, 3.05) is 20.3 Å². The van der Waals surface area contributed by atoms with Gasteiger partial charge in [-0.2, -0.15) is 0 Å². The van der Waals surface area contributed by atoms with Gasteiger partial charge in [-0.3, -0.25) is 4.79 Å². The second kappa shape index (κ2) is 7.24. The lowest BCUT2D eigenvalue weighted by atomic mass is 10.1. The van der Waals surface area contributed by atoms with Gasteiger partial charge in [0.05, 0.1) is 6.04 Å². The fourth-order valence-corrected chi connectivity index (χ4v) is 1.87. The van der Waals surface area contributed by atoms with Crippen LogP contribution in [0.5, 0.6) is 0 Å². The maximum absolute atomic E-state index is 11.7. The highest BCUT2D eigenvalue weighted by Crippen LogP contribution is 2.06. The normalized spacial score (nSPS) is 21.1. The Bertz CT molecular complexity index is 264. The van der Waals surface area contributed by atoms with Gasteiger partial charge in [-0.15, -0.1) is 0 Å². The van der Waals surface area contributed by atoms with Crippen LogP contribution in [0.15, 0.2) is 0 Å². The number of methoxy groups -OCH3 is 1. The van der Waals surface area contributed by atoms with Crippen molar-refractivity contribution in [2.45, 2.75) is 37.8 Å². The van der Waals surface area contributed by atoms with Crippen LogP contribution in [0.1, 0.15) is 25.7 Å². The van der Waals surface area contributed by atoms with Gasteiger partial charge in [-0.05, 0) is 32.2 Å². The van der Waals surface area contributed by atoms with E-state index in [9.17, 15) is 9.59 Å². The topological polar surface area (TPSA) is 87.7 Å². The first-order valence-corrected chi connectivity index (χ1v) is 5.90. The molecule has 6 heteroatoms. The number of ether oxygens (including phenoxy) is 1. The van der Waals surface area contributed by atoms with Crippen LogP contribution in [-0.2, 0) is 14.3 Å². The molecular formula is C11H20N2O4. The number of hydrogen-bond acceptors (Lipinski definition) is 4. The maximum Gasteiger partial charge on any atom is 0.326 e. The number of aliphatic carboxylic acids is 1. The molecule has 2 atom stereocenters. The Morgan fingerprint density at radius 1 is 1.59 bits per heavy atom. The van der Waals surface area contributed by atoms with E-state index in [1.165, 1.54) is 0 Å². The minimum absolute atomic E-state index is 0.215. The zero-order chi connectivity index (χ0) is 12.7. The summed E-state index contributed by atoms with van der Waals surface area (Å²) in [5.74, 6) is -1.21. The van der Waals surface area contributed by atoms with Crippen molar-refractivity contribution in [3.8, 4) is 0 Å². The van der Waals surface area contributed by atoms with Gasteiger partial charge in [0.15, 0.2) is 0 Å². The minimum Gasteiger partial charge on any atom is -0.480 e. The molecule has 1 fully saturated rings. The van der Waals surface area contributed by atoms with E-state index in [1.54, 1.807) is 7.11 Å². The van der Waals surface area contributed by atoms with E-state index in [4.69, 9.17) is 9.84 Å². The van der Waals surface area contributed by atoms with Gasteiger partial charge in [0.2, 0.25) is 5.91 Å². The number of amides is 1. The molecule has 0 spiro atoms. The van der Waals surface area contributed by atoms with Crippen LogP contribution in [0.3, 0.4) is 0 Å². The molecule has 17 heavy (non-hydrogen) atoms. The molecule has 1 amide bonds. The van der Waals surface area contributed by atoms with Crippen LogP contribution in [0.2, 0.25) is 0 Å². The monoisotopic (exact) mass is 244 g/mol. The maximum atomic E-state index is 11.7. The van der Waals surface area contributed by atoms with Gasteiger partial charge in [0, 0.05) is 13.7 Å². The van der Waals surface area contributed by atoms with Crippen LogP contribution in [0.25, 0.3) is 0 Å². The molecule has 0 radical (unpaired) electrons. The molecule has 1 aliphatic heterocycles. The Morgan fingerprint density at radius 3 is 2.88 bits per heavy atom. The molecule has 0 aromatic rings. The Balaban J connectivity index is 2.36. The summed E-state index contributed by atoms with van der Waals surface area (Å²) in [5, 5.41) is 14.6. The largest absolute Gasteiger partial charge is 0.480 e. The lowest BCUT2D eigenvalue weighted by Crippen LogP contribution is -2.48. The molecule has 6 nitrogen and oxygen atoms in total. The molecule has 98 valence electrons. The molecule has 1 heterocycles. The number of nitrogens with one attached hydrogen (secondary N) is 2. The summed E-state index contributed by atoms with van der Waals surface area (Å²) in [7, 11) is 1.57. The van der Waals surface area contributed by atoms with Gasteiger partial charge < -0.3 is 20.5 Å². The second-order valence-electron chi connectivity index (χ2n) is 4.18. The van der Waals surface area contributed by atoms with Crippen LogP contribution >= 0.6 is 0 Å². The van der Waals surface area contributed by atoms with Crippen LogP contribution in [-0.4, -0.2) is 49.3 Å². The molecule has 1 aliphatic rings. The van der Waals surface area contributed by atoms with Crippen LogP contribution in [0.4, 0.5) is 0 Å². The van der Waals surface area contributed by atoms with Crippen molar-refractivity contribution in [1.29, 1.82) is 0 Å². The van der Waals surface area contributed by atoms with E-state index in [-0.39, 0.29) is 11.9 Å². The van der Waals surface area contributed by atoms with Crippen molar-refractivity contribution in [1.82, 2.24) is 10.6 Å². The third-order valence-corrected chi connectivity index (χ3v) is 2.83. The number of hydrogen-bond donors (Lipinski definition) is 3. The van der Waals surface area contributed by atoms with Gasteiger partial charge in [-0.1, -0.05) is 0 Å². The Morgan fingerprint density at radius 2 is 2.35 bits per heavy atom. The molecular weight excluding hydrogens is 224 g/mol. The highest BCUT2D eigenvalue weighted by Gasteiger charge is 2.26. The van der Waals surface area contributed by atoms with Crippen molar-refractivity contribution in [3.63, 3.8) is 0 Å². The predicted molar refractivity (Wildman–Crippen MR) is 61.7 cm³/mol. The number of carboxylic acids is 1. The summed E-state index contributed by atoms with van der Waals surface area (Å²) < 4.78 is 4.86. The lowest BCUT2D eigenvalue weighted by Gasteiger charge is -2.17. The summed E-state index contributed by atoms with van der Waals surface area (Å²) in [5.41, 5.74) is 0. The number of rotatable bonds is 7. The van der Waals surface area contributed by atoms with Crippen molar-refractivity contribution in [2.24, 2.45) is 0 Å². The van der Waals surface area contributed by atoms with Crippen molar-refractivity contribution in [3.05, 3.63) is 0 Å². The number of carboxylic acid groups (broad SMARTS) is 1. The summed E-state index contributed by atoms with van der Waals surface area (Å²) in [6.45, 7) is 1.32. The lowest BCUT2D eigenvalue weighted by molar-refractivity contribution is -0.142. The minimum atomic E-state index is -0.993. The summed E-state index contributed by atoms with van der Waals surface area (Å²) >= 11 is 0. The van der Waals surface area contributed by atoms with E-state index in [0.717, 1.165) is 19.4 Å². The molecule has 1 unspecified atom stereocenters. The van der Waals surface area contributed by atoms with Gasteiger partial charge in [0.25, 0.3) is 0 Å². The Labute approximate surface area is 101 Å². The summed E-state index contributed by atoms with van der Waals surface area (Å²) in [6, 6.07) is -1.06. The molecule has 1 saturated heterocycles. The van der Waals surface area contributed by atoms with Crippen LogP contribution in [0, 0.1) is 0 Å². The molecule has 0 aliphatic carbocycles. The molecule has 0 aromatic carbocycles. The standard InChI is InChI=1S/C11H20N2O4/c1-17-7-3-5-9(11(15)16)13-10(14)8-4-2-6-12-8/h8-9,12H,2-7H2,1H3,(H,13,14)(H,15,16)/t8-,9?/m0/s1. The van der Waals surface area contributed by atoms with Gasteiger partial charge in [0.1, 0.15) is 6.04 Å². The zero-order valence-electron chi connectivity index (χ0n) is 10.1. The van der Waals surface area contributed by atoms with Crippen LogP contribution < -0.4 is 10.6 Å². The first-order valence-electron chi connectivity index (χ1n) is 5.90. The molecule has 0 aromatic heterocycles. The molecule has 3 N–H and O–H groups in total. The van der Waals surface area contributed by atoms with Gasteiger partial charge >= 0.3 is 5.97 Å². The quantitative estimate of drug-likeness (QED) is 0.537. The third kappa shape index (κ3) is 4.70. The fraction of sp³-hybridized carbons (Fsp3) is 0.818. The Hall–Kier alpha value is -1.14. The van der Waals surface area contributed by atoms with E-state index >= 15 is 0 Å². The average molecular weight is 244 g/mol. The third-order valence-electron chi connectivity index (χ3n) is 2.83. The van der Waals surface area contributed by atoms with Gasteiger partial charge in [-0.25, -0.2) is 4.79 Å². The number of carbonyl (C=O) groups is 2. The average Bonchev–Trinajstić information content (AvgIpc) is 2.81. The predicted octanol–water partition coefficient (Wildman–Crippen LogP) is -0.266. The first-order chi connectivity index (χ1) is 8.15. The van der Waals surface area contributed by atoms with E-state index in [2.05, 4.69) is 10.6 Å².